The Morgan fingerprint density at radius 1 is 1.24 bits per heavy atom. The average molecular weight is 312 g/mol. The van der Waals surface area contributed by atoms with Gasteiger partial charge < -0.3 is 20.1 Å². The molecule has 1 aromatic rings. The van der Waals surface area contributed by atoms with E-state index in [2.05, 4.69) is 9.97 Å². The highest BCUT2D eigenvalue weighted by Crippen LogP contribution is 2.35. The normalized spacial score (nSPS) is 18.1. The van der Waals surface area contributed by atoms with Crippen molar-refractivity contribution in [2.75, 3.05) is 24.7 Å². The van der Waals surface area contributed by atoms with Crippen LogP contribution in [0, 0.1) is 0 Å². The Balaban J connectivity index is 2.25. The standard InChI is InChI=1S/C12H16N4O4S/c1-12(2)19-10(17)7(11(18)20-12)21-9-6(13)8(16(3)4)14-5-15-9/h5,7H,13H2,1-4H3. The van der Waals surface area contributed by atoms with Gasteiger partial charge in [-0.1, -0.05) is 11.8 Å². The second kappa shape index (κ2) is 5.40. The van der Waals surface area contributed by atoms with Crippen LogP contribution in [-0.2, 0) is 19.1 Å². The van der Waals surface area contributed by atoms with Crippen LogP contribution < -0.4 is 10.6 Å². The monoisotopic (exact) mass is 312 g/mol. The molecule has 1 fully saturated rings. The topological polar surface area (TPSA) is 108 Å². The van der Waals surface area contributed by atoms with Crippen LogP contribution in [0.15, 0.2) is 11.4 Å². The molecule has 0 radical (unpaired) electrons. The van der Waals surface area contributed by atoms with Gasteiger partial charge in [-0.25, -0.2) is 9.97 Å². The molecule has 2 N–H and O–H groups in total. The number of ether oxygens (including phenoxy) is 2. The van der Waals surface area contributed by atoms with Crippen molar-refractivity contribution in [2.45, 2.75) is 29.9 Å². The minimum Gasteiger partial charge on any atom is -0.422 e. The molecule has 114 valence electrons. The van der Waals surface area contributed by atoms with E-state index in [1.54, 1.807) is 19.0 Å². The Labute approximate surface area is 126 Å². The lowest BCUT2D eigenvalue weighted by Crippen LogP contribution is -2.48. The van der Waals surface area contributed by atoms with Gasteiger partial charge in [-0.2, -0.15) is 0 Å². The van der Waals surface area contributed by atoms with E-state index in [0.29, 0.717) is 10.8 Å². The third-order valence-corrected chi connectivity index (χ3v) is 3.77. The van der Waals surface area contributed by atoms with E-state index in [4.69, 9.17) is 15.2 Å². The highest BCUT2D eigenvalue weighted by molar-refractivity contribution is 8.01. The van der Waals surface area contributed by atoms with Crippen molar-refractivity contribution in [1.82, 2.24) is 9.97 Å². The van der Waals surface area contributed by atoms with E-state index in [0.717, 1.165) is 11.8 Å². The molecular weight excluding hydrogens is 296 g/mol. The molecule has 0 unspecified atom stereocenters. The first-order chi connectivity index (χ1) is 9.71. The summed E-state index contributed by atoms with van der Waals surface area (Å²) in [7, 11) is 3.55. The zero-order valence-electron chi connectivity index (χ0n) is 12.1. The number of rotatable bonds is 3. The number of hydrogen-bond donors (Lipinski definition) is 1. The molecule has 2 rings (SSSR count). The summed E-state index contributed by atoms with van der Waals surface area (Å²) in [6, 6.07) is 0. The van der Waals surface area contributed by atoms with Gasteiger partial charge in [0.05, 0.1) is 0 Å². The number of aromatic nitrogens is 2. The van der Waals surface area contributed by atoms with E-state index in [1.807, 2.05) is 0 Å². The second-order valence-corrected chi connectivity index (χ2v) is 6.14. The fourth-order valence-corrected chi connectivity index (χ4v) is 2.58. The molecular formula is C12H16N4O4S. The SMILES string of the molecule is CN(C)c1ncnc(SC2C(=O)OC(C)(C)OC2=O)c1N. The largest absolute Gasteiger partial charge is 0.422 e. The maximum absolute atomic E-state index is 11.9. The summed E-state index contributed by atoms with van der Waals surface area (Å²) in [6.07, 6.45) is 1.32. The lowest BCUT2D eigenvalue weighted by molar-refractivity contribution is -0.230. The number of nitrogens with zero attached hydrogens (tertiary/aromatic N) is 3. The third-order valence-electron chi connectivity index (χ3n) is 2.60. The Morgan fingerprint density at radius 3 is 2.33 bits per heavy atom. The fourth-order valence-electron chi connectivity index (χ4n) is 1.74. The summed E-state index contributed by atoms with van der Waals surface area (Å²) in [4.78, 5) is 33.6. The molecule has 21 heavy (non-hydrogen) atoms. The van der Waals surface area contributed by atoms with Crippen LogP contribution in [-0.4, -0.2) is 47.0 Å². The van der Waals surface area contributed by atoms with E-state index in [9.17, 15) is 9.59 Å². The fraction of sp³-hybridized carbons (Fsp3) is 0.500. The number of carbonyl (C=O) groups is 2. The Kier molecular flexibility index (Phi) is 3.95. The zero-order valence-corrected chi connectivity index (χ0v) is 12.9. The maximum Gasteiger partial charge on any atom is 0.334 e. The van der Waals surface area contributed by atoms with Crippen LogP contribution in [0.5, 0.6) is 0 Å². The van der Waals surface area contributed by atoms with Crippen molar-refractivity contribution in [3.05, 3.63) is 6.33 Å². The van der Waals surface area contributed by atoms with Gasteiger partial charge in [0.25, 0.3) is 5.79 Å². The van der Waals surface area contributed by atoms with Crippen LogP contribution in [0.2, 0.25) is 0 Å². The number of hydrogen-bond acceptors (Lipinski definition) is 9. The molecule has 9 heteroatoms. The molecule has 0 aliphatic carbocycles. The molecule has 0 atom stereocenters. The van der Waals surface area contributed by atoms with Gasteiger partial charge in [0, 0.05) is 27.9 Å². The quantitative estimate of drug-likeness (QED) is 0.482. The molecule has 1 aliphatic heterocycles. The molecule has 0 spiro atoms. The highest BCUT2D eigenvalue weighted by atomic mass is 32.2. The van der Waals surface area contributed by atoms with Crippen molar-refractivity contribution in [3.63, 3.8) is 0 Å². The number of anilines is 2. The first kappa shape index (κ1) is 15.4. The third kappa shape index (κ3) is 3.18. The van der Waals surface area contributed by atoms with Gasteiger partial charge in [-0.15, -0.1) is 0 Å². The van der Waals surface area contributed by atoms with Gasteiger partial charge in [0.2, 0.25) is 5.25 Å². The first-order valence-electron chi connectivity index (χ1n) is 6.11. The zero-order chi connectivity index (χ0) is 15.8. The summed E-state index contributed by atoms with van der Waals surface area (Å²) < 4.78 is 10.1. The summed E-state index contributed by atoms with van der Waals surface area (Å²) >= 11 is 0.888. The highest BCUT2D eigenvalue weighted by Gasteiger charge is 2.44. The van der Waals surface area contributed by atoms with Crippen LogP contribution in [0.3, 0.4) is 0 Å². The lowest BCUT2D eigenvalue weighted by Gasteiger charge is -2.32. The van der Waals surface area contributed by atoms with E-state index in [-0.39, 0.29) is 5.69 Å². The minimum absolute atomic E-state index is 0.290. The van der Waals surface area contributed by atoms with Crippen molar-refractivity contribution in [1.29, 1.82) is 0 Å². The summed E-state index contributed by atoms with van der Waals surface area (Å²) in [6.45, 7) is 2.99. The number of carbonyl (C=O) groups excluding carboxylic acids is 2. The summed E-state index contributed by atoms with van der Waals surface area (Å²) in [5, 5.41) is -0.822. The second-order valence-electron chi connectivity index (χ2n) is 5.05. The Morgan fingerprint density at radius 2 is 1.81 bits per heavy atom. The van der Waals surface area contributed by atoms with E-state index < -0.39 is 23.0 Å². The molecule has 1 aliphatic rings. The van der Waals surface area contributed by atoms with Gasteiger partial charge in [0.15, 0.2) is 5.82 Å². The van der Waals surface area contributed by atoms with Crippen molar-refractivity contribution in [2.24, 2.45) is 0 Å². The number of cyclic esters (lactones) is 2. The summed E-state index contributed by atoms with van der Waals surface area (Å²) in [5.74, 6) is -2.10. The Hall–Kier alpha value is -2.03. The lowest BCUT2D eigenvalue weighted by atomic mass is 10.3. The number of thioether (sulfide) groups is 1. The van der Waals surface area contributed by atoms with Gasteiger partial charge >= 0.3 is 11.9 Å². The average Bonchev–Trinajstić information content (AvgIpc) is 2.34. The smallest absolute Gasteiger partial charge is 0.334 e. The van der Waals surface area contributed by atoms with Crippen molar-refractivity contribution < 1.29 is 19.1 Å². The van der Waals surface area contributed by atoms with Crippen molar-refractivity contribution in [3.8, 4) is 0 Å². The number of nitrogens with two attached hydrogens (primary N) is 1. The maximum atomic E-state index is 11.9. The van der Waals surface area contributed by atoms with E-state index >= 15 is 0 Å². The Bertz CT molecular complexity index is 571. The molecule has 0 saturated carbocycles. The minimum atomic E-state index is -1.25. The number of esters is 2. The van der Waals surface area contributed by atoms with Gasteiger partial charge in [-0.05, 0) is 0 Å². The van der Waals surface area contributed by atoms with Gasteiger partial charge in [0.1, 0.15) is 17.0 Å². The van der Waals surface area contributed by atoms with Crippen LogP contribution in [0.4, 0.5) is 11.5 Å². The van der Waals surface area contributed by atoms with Crippen LogP contribution in [0.1, 0.15) is 13.8 Å². The molecule has 0 amide bonds. The van der Waals surface area contributed by atoms with E-state index in [1.165, 1.54) is 20.2 Å². The van der Waals surface area contributed by atoms with Crippen LogP contribution >= 0.6 is 11.8 Å². The molecule has 1 saturated heterocycles. The summed E-state index contributed by atoms with van der Waals surface area (Å²) in [5.41, 5.74) is 6.24. The molecule has 0 aromatic carbocycles. The number of nitrogen functional groups attached to an aromatic ring is 1. The molecule has 8 nitrogen and oxygen atoms in total. The predicted molar refractivity (Wildman–Crippen MR) is 76.7 cm³/mol. The molecule has 0 bridgehead atoms. The first-order valence-corrected chi connectivity index (χ1v) is 6.99. The molecule has 2 heterocycles. The van der Waals surface area contributed by atoms with Crippen molar-refractivity contribution >= 4 is 35.2 Å². The van der Waals surface area contributed by atoms with Gasteiger partial charge in [-0.3, -0.25) is 9.59 Å². The predicted octanol–water partition coefficient (Wildman–Crippen LogP) is 0.422. The van der Waals surface area contributed by atoms with Crippen LogP contribution in [0.25, 0.3) is 0 Å². The molecule has 1 aromatic heterocycles.